The van der Waals surface area contributed by atoms with Gasteiger partial charge in [0.1, 0.15) is 10.8 Å². The number of hydrogen-bond acceptors (Lipinski definition) is 7. The van der Waals surface area contributed by atoms with E-state index in [1.165, 1.54) is 35.1 Å². The third-order valence-electron chi connectivity index (χ3n) is 4.39. The average Bonchev–Trinajstić information content (AvgIpc) is 3.19. The quantitative estimate of drug-likeness (QED) is 0.599. The number of aryl methyl sites for hydroxylation is 2. The van der Waals surface area contributed by atoms with Crippen LogP contribution in [0.25, 0.3) is 0 Å². The first kappa shape index (κ1) is 18.9. The predicted octanol–water partition coefficient (Wildman–Crippen LogP) is 2.84. The van der Waals surface area contributed by atoms with E-state index >= 15 is 0 Å². The van der Waals surface area contributed by atoms with Gasteiger partial charge in [-0.05, 0) is 31.2 Å². The van der Waals surface area contributed by atoms with Gasteiger partial charge < -0.3 is 14.6 Å². The van der Waals surface area contributed by atoms with Gasteiger partial charge in [0.25, 0.3) is 0 Å². The highest BCUT2D eigenvalue weighted by atomic mass is 32.2. The smallest absolute Gasteiger partial charge is 0.341 e. The third kappa shape index (κ3) is 3.78. The van der Waals surface area contributed by atoms with E-state index in [9.17, 15) is 9.59 Å². The Bertz CT molecular complexity index is 828. The second-order valence-electron chi connectivity index (χ2n) is 6.05. The molecule has 0 aromatic carbocycles. The molecule has 2 aromatic heterocycles. The number of carbonyl (C=O) groups is 2. The summed E-state index contributed by atoms with van der Waals surface area (Å²) in [4.78, 5) is 25.8. The lowest BCUT2D eigenvalue weighted by Gasteiger charge is -2.11. The standard InChI is InChI=1S/C17H22N4O3S2/c1-4-12-19-20-17(21(12)2)25-9-13(22)18-15-14(16(23)24-3)10-7-5-6-8-11(10)26-15/h4-9H2,1-3H3,(H,18,22). The van der Waals surface area contributed by atoms with Gasteiger partial charge in [-0.1, -0.05) is 18.7 Å². The second-order valence-corrected chi connectivity index (χ2v) is 8.10. The highest BCUT2D eigenvalue weighted by Crippen LogP contribution is 2.38. The Kier molecular flexibility index (Phi) is 5.98. The van der Waals surface area contributed by atoms with Crippen molar-refractivity contribution in [1.29, 1.82) is 0 Å². The van der Waals surface area contributed by atoms with Crippen molar-refractivity contribution in [2.45, 2.75) is 44.2 Å². The molecule has 3 rings (SSSR count). The number of methoxy groups -OCH3 is 1. The zero-order valence-electron chi connectivity index (χ0n) is 15.1. The Hall–Kier alpha value is -1.87. The minimum Gasteiger partial charge on any atom is -0.465 e. The van der Waals surface area contributed by atoms with E-state index in [2.05, 4.69) is 15.5 Å². The first-order chi connectivity index (χ1) is 12.5. The van der Waals surface area contributed by atoms with Crippen molar-refractivity contribution in [2.24, 2.45) is 7.05 Å². The molecule has 1 aliphatic rings. The molecule has 0 fully saturated rings. The van der Waals surface area contributed by atoms with Crippen molar-refractivity contribution >= 4 is 40.0 Å². The van der Waals surface area contributed by atoms with Gasteiger partial charge in [-0.15, -0.1) is 21.5 Å². The highest BCUT2D eigenvalue weighted by Gasteiger charge is 2.27. The van der Waals surface area contributed by atoms with Crippen molar-refractivity contribution in [3.05, 3.63) is 21.8 Å². The molecule has 0 saturated carbocycles. The molecule has 0 bridgehead atoms. The van der Waals surface area contributed by atoms with Gasteiger partial charge in [-0.25, -0.2) is 4.79 Å². The molecular formula is C17H22N4O3S2. The van der Waals surface area contributed by atoms with Crippen LogP contribution < -0.4 is 5.32 Å². The van der Waals surface area contributed by atoms with Gasteiger partial charge in [-0.2, -0.15) is 0 Å². The number of fused-ring (bicyclic) bond motifs is 1. The monoisotopic (exact) mass is 394 g/mol. The number of esters is 1. The maximum absolute atomic E-state index is 12.4. The number of nitrogens with zero attached hydrogens (tertiary/aromatic N) is 3. The summed E-state index contributed by atoms with van der Waals surface area (Å²) in [7, 11) is 3.26. The minimum atomic E-state index is -0.381. The van der Waals surface area contributed by atoms with Crippen LogP contribution in [0.5, 0.6) is 0 Å². The van der Waals surface area contributed by atoms with E-state index in [1.54, 1.807) is 0 Å². The molecule has 0 saturated heterocycles. The summed E-state index contributed by atoms with van der Waals surface area (Å²) >= 11 is 2.82. The summed E-state index contributed by atoms with van der Waals surface area (Å²) in [6.45, 7) is 2.01. The summed E-state index contributed by atoms with van der Waals surface area (Å²) in [5.41, 5.74) is 1.56. The molecular weight excluding hydrogens is 372 g/mol. The first-order valence-corrected chi connectivity index (χ1v) is 10.4. The van der Waals surface area contributed by atoms with Crippen molar-refractivity contribution in [2.75, 3.05) is 18.2 Å². The van der Waals surface area contributed by atoms with Gasteiger partial charge in [0.05, 0.1) is 18.4 Å². The van der Waals surface area contributed by atoms with E-state index in [1.807, 2.05) is 18.5 Å². The minimum absolute atomic E-state index is 0.167. The van der Waals surface area contributed by atoms with Gasteiger partial charge in [0, 0.05) is 18.3 Å². The number of rotatable bonds is 6. The maximum Gasteiger partial charge on any atom is 0.341 e. The lowest BCUT2D eigenvalue weighted by Crippen LogP contribution is -2.17. The summed E-state index contributed by atoms with van der Waals surface area (Å²) in [5.74, 6) is 0.540. The number of aromatic nitrogens is 3. The fraction of sp³-hybridized carbons (Fsp3) is 0.529. The molecule has 1 aliphatic carbocycles. The van der Waals surface area contributed by atoms with E-state index in [0.717, 1.165) is 43.5 Å². The van der Waals surface area contributed by atoms with Crippen molar-refractivity contribution < 1.29 is 14.3 Å². The molecule has 0 spiro atoms. The normalized spacial score (nSPS) is 13.3. The summed E-state index contributed by atoms with van der Waals surface area (Å²) in [6, 6.07) is 0. The Morgan fingerprint density at radius 3 is 2.77 bits per heavy atom. The molecule has 0 radical (unpaired) electrons. The maximum atomic E-state index is 12.4. The fourth-order valence-corrected chi connectivity index (χ4v) is 5.07. The number of thiophene rings is 1. The molecule has 0 atom stereocenters. The molecule has 1 N–H and O–H groups in total. The lowest BCUT2D eigenvalue weighted by atomic mass is 9.95. The number of hydrogen-bond donors (Lipinski definition) is 1. The van der Waals surface area contributed by atoms with Crippen LogP contribution in [0.1, 0.15) is 46.4 Å². The van der Waals surface area contributed by atoms with E-state index in [4.69, 9.17) is 4.74 Å². The fourth-order valence-electron chi connectivity index (χ4n) is 3.04. The van der Waals surface area contributed by atoms with Crippen LogP contribution in [0.15, 0.2) is 5.16 Å². The topological polar surface area (TPSA) is 86.1 Å². The highest BCUT2D eigenvalue weighted by molar-refractivity contribution is 7.99. The zero-order valence-corrected chi connectivity index (χ0v) is 16.8. The van der Waals surface area contributed by atoms with E-state index < -0.39 is 0 Å². The number of ether oxygens (including phenoxy) is 1. The molecule has 26 heavy (non-hydrogen) atoms. The van der Waals surface area contributed by atoms with Gasteiger partial charge in [-0.3, -0.25) is 4.79 Å². The van der Waals surface area contributed by atoms with Crippen LogP contribution in [0.4, 0.5) is 5.00 Å². The van der Waals surface area contributed by atoms with Crippen LogP contribution in [0.2, 0.25) is 0 Å². The molecule has 7 nitrogen and oxygen atoms in total. The van der Waals surface area contributed by atoms with Gasteiger partial charge in [0.15, 0.2) is 5.16 Å². The van der Waals surface area contributed by atoms with Gasteiger partial charge >= 0.3 is 5.97 Å². The Labute approximate surface area is 160 Å². The van der Waals surface area contributed by atoms with E-state index in [0.29, 0.717) is 15.7 Å². The largest absolute Gasteiger partial charge is 0.465 e. The molecule has 0 unspecified atom stereocenters. The van der Waals surface area contributed by atoms with E-state index in [-0.39, 0.29) is 17.6 Å². The number of thioether (sulfide) groups is 1. The zero-order chi connectivity index (χ0) is 18.7. The van der Waals surface area contributed by atoms with Crippen molar-refractivity contribution in [3.8, 4) is 0 Å². The van der Waals surface area contributed by atoms with Crippen LogP contribution in [0.3, 0.4) is 0 Å². The number of anilines is 1. The predicted molar refractivity (Wildman–Crippen MR) is 102 cm³/mol. The molecule has 2 heterocycles. The first-order valence-electron chi connectivity index (χ1n) is 8.58. The SMILES string of the molecule is CCc1nnc(SCC(=O)Nc2sc3c(c2C(=O)OC)CCCC3)n1C. The lowest BCUT2D eigenvalue weighted by molar-refractivity contribution is -0.113. The number of nitrogens with one attached hydrogen (secondary N) is 1. The van der Waals surface area contributed by atoms with Crippen LogP contribution >= 0.6 is 23.1 Å². The Morgan fingerprint density at radius 1 is 1.31 bits per heavy atom. The molecule has 1 amide bonds. The van der Waals surface area contributed by atoms with Gasteiger partial charge in [0.2, 0.25) is 5.91 Å². The summed E-state index contributed by atoms with van der Waals surface area (Å²) < 4.78 is 6.82. The third-order valence-corrected chi connectivity index (χ3v) is 6.61. The number of carbonyl (C=O) groups excluding carboxylic acids is 2. The second kappa shape index (κ2) is 8.22. The van der Waals surface area contributed by atoms with Crippen molar-refractivity contribution in [1.82, 2.24) is 14.8 Å². The Morgan fingerprint density at radius 2 is 2.08 bits per heavy atom. The van der Waals surface area contributed by atoms with Crippen LogP contribution in [-0.4, -0.2) is 39.5 Å². The summed E-state index contributed by atoms with van der Waals surface area (Å²) in [5, 5.41) is 12.4. The number of amides is 1. The molecule has 2 aromatic rings. The molecule has 140 valence electrons. The van der Waals surface area contributed by atoms with Crippen molar-refractivity contribution in [3.63, 3.8) is 0 Å². The van der Waals surface area contributed by atoms with Crippen LogP contribution in [0, 0.1) is 0 Å². The summed E-state index contributed by atoms with van der Waals surface area (Å²) in [6.07, 6.45) is 4.78. The Balaban J connectivity index is 1.71. The average molecular weight is 395 g/mol. The molecule has 9 heteroatoms. The van der Waals surface area contributed by atoms with Crippen LogP contribution in [-0.2, 0) is 35.8 Å². The molecule has 0 aliphatic heterocycles.